The summed E-state index contributed by atoms with van der Waals surface area (Å²) in [7, 11) is 0. The Morgan fingerprint density at radius 3 is 2.71 bits per heavy atom. The van der Waals surface area contributed by atoms with Gasteiger partial charge in [0.1, 0.15) is 0 Å². The highest BCUT2D eigenvalue weighted by Gasteiger charge is 2.04. The molecule has 0 heterocycles. The van der Waals surface area contributed by atoms with Crippen LogP contribution in [-0.4, -0.2) is 23.4 Å². The summed E-state index contributed by atoms with van der Waals surface area (Å²) in [4.78, 5) is 22.6. The predicted molar refractivity (Wildman–Crippen MR) is 66.0 cm³/mol. The van der Waals surface area contributed by atoms with Crippen LogP contribution in [-0.2, 0) is 4.79 Å². The molecule has 0 unspecified atom stereocenters. The first kappa shape index (κ1) is 13.4. The Hall–Kier alpha value is -1.68. The van der Waals surface area contributed by atoms with Gasteiger partial charge in [0.2, 0.25) is 5.91 Å². The van der Waals surface area contributed by atoms with Crippen LogP contribution >= 0.6 is 0 Å². The fourth-order valence-electron chi connectivity index (χ4n) is 1.44. The lowest BCUT2D eigenvalue weighted by Gasteiger charge is -2.05. The van der Waals surface area contributed by atoms with Gasteiger partial charge in [-0.3, -0.25) is 9.59 Å². The molecule has 0 aliphatic heterocycles. The molecule has 1 rings (SSSR count). The van der Waals surface area contributed by atoms with Crippen LogP contribution in [0.3, 0.4) is 0 Å². The zero-order chi connectivity index (χ0) is 12.7. The lowest BCUT2D eigenvalue weighted by Crippen LogP contribution is -2.11. The van der Waals surface area contributed by atoms with Crippen molar-refractivity contribution in [2.24, 2.45) is 0 Å². The molecule has 4 nitrogen and oxygen atoms in total. The number of unbranched alkanes of at least 4 members (excludes halogenated alkanes) is 1. The number of hydrogen-bond donors (Lipinski definition) is 2. The molecule has 17 heavy (non-hydrogen) atoms. The number of carbonyl (C=O) groups excluding carboxylic acids is 2. The third-order valence-electron chi connectivity index (χ3n) is 2.36. The fourth-order valence-corrected chi connectivity index (χ4v) is 1.44. The molecule has 0 atom stereocenters. The highest BCUT2D eigenvalue weighted by molar-refractivity contribution is 5.97. The highest BCUT2D eigenvalue weighted by atomic mass is 16.3. The number of aliphatic hydroxyl groups is 1. The van der Waals surface area contributed by atoms with E-state index in [1.807, 2.05) is 0 Å². The molecule has 0 radical (unpaired) electrons. The van der Waals surface area contributed by atoms with Gasteiger partial charge in [-0.2, -0.15) is 0 Å². The van der Waals surface area contributed by atoms with Gasteiger partial charge >= 0.3 is 0 Å². The molecule has 0 fully saturated rings. The number of ketones is 1. The van der Waals surface area contributed by atoms with E-state index < -0.39 is 0 Å². The summed E-state index contributed by atoms with van der Waals surface area (Å²) in [5.41, 5.74) is 1.21. The summed E-state index contributed by atoms with van der Waals surface area (Å²) in [6.07, 6.45) is 1.67. The first-order valence-corrected chi connectivity index (χ1v) is 5.65. The van der Waals surface area contributed by atoms with E-state index in [0.29, 0.717) is 30.5 Å². The van der Waals surface area contributed by atoms with Crippen molar-refractivity contribution in [3.8, 4) is 0 Å². The molecule has 0 saturated carbocycles. The van der Waals surface area contributed by atoms with E-state index in [1.54, 1.807) is 24.3 Å². The summed E-state index contributed by atoms with van der Waals surface area (Å²) in [6.45, 7) is 1.59. The molecule has 4 heteroatoms. The van der Waals surface area contributed by atoms with Crippen molar-refractivity contribution >= 4 is 17.4 Å². The summed E-state index contributed by atoms with van der Waals surface area (Å²) in [5.74, 6) is -0.125. The molecule has 2 N–H and O–H groups in total. The third-order valence-corrected chi connectivity index (χ3v) is 2.36. The first-order chi connectivity index (χ1) is 8.13. The molecule has 1 aromatic rings. The number of amides is 1. The number of anilines is 1. The SMILES string of the molecule is CC(=O)c1cccc(NC(=O)CCCCO)c1. The number of carbonyl (C=O) groups is 2. The Morgan fingerprint density at radius 2 is 2.06 bits per heavy atom. The van der Waals surface area contributed by atoms with E-state index in [0.717, 1.165) is 0 Å². The van der Waals surface area contributed by atoms with Crippen molar-refractivity contribution in [3.05, 3.63) is 29.8 Å². The molecular formula is C13H17NO3. The molecule has 0 aliphatic carbocycles. The van der Waals surface area contributed by atoms with Gasteiger partial charge in [-0.1, -0.05) is 12.1 Å². The molecule has 0 aromatic heterocycles. The van der Waals surface area contributed by atoms with Crippen LogP contribution < -0.4 is 5.32 Å². The summed E-state index contributed by atoms with van der Waals surface area (Å²) >= 11 is 0. The smallest absolute Gasteiger partial charge is 0.224 e. The molecule has 1 aromatic carbocycles. The maximum Gasteiger partial charge on any atom is 0.224 e. The van der Waals surface area contributed by atoms with Gasteiger partial charge in [0.15, 0.2) is 5.78 Å². The van der Waals surface area contributed by atoms with Crippen molar-refractivity contribution in [1.29, 1.82) is 0 Å². The second-order valence-corrected chi connectivity index (χ2v) is 3.87. The lowest BCUT2D eigenvalue weighted by atomic mass is 10.1. The molecule has 0 spiro atoms. The lowest BCUT2D eigenvalue weighted by molar-refractivity contribution is -0.116. The first-order valence-electron chi connectivity index (χ1n) is 5.65. The molecule has 0 bridgehead atoms. The average Bonchev–Trinajstić information content (AvgIpc) is 2.29. The van der Waals surface area contributed by atoms with E-state index in [2.05, 4.69) is 5.32 Å². The summed E-state index contributed by atoms with van der Waals surface area (Å²) < 4.78 is 0. The van der Waals surface area contributed by atoms with Gasteiger partial charge in [0, 0.05) is 24.3 Å². The number of benzene rings is 1. The number of Topliss-reactive ketones (excluding diaryl/α,β-unsaturated/α-hetero) is 1. The van der Waals surface area contributed by atoms with Crippen LogP contribution in [0.15, 0.2) is 24.3 Å². The molecule has 0 saturated heterocycles. The van der Waals surface area contributed by atoms with Crippen LogP contribution in [0.25, 0.3) is 0 Å². The minimum atomic E-state index is -0.0980. The van der Waals surface area contributed by atoms with Gasteiger partial charge in [-0.15, -0.1) is 0 Å². The summed E-state index contributed by atoms with van der Waals surface area (Å²) in [5, 5.41) is 11.3. The van der Waals surface area contributed by atoms with Crippen LogP contribution in [0.1, 0.15) is 36.5 Å². The Morgan fingerprint density at radius 1 is 1.29 bits per heavy atom. The number of nitrogens with one attached hydrogen (secondary N) is 1. The van der Waals surface area contributed by atoms with E-state index in [-0.39, 0.29) is 18.3 Å². The Bertz CT molecular complexity index is 401. The largest absolute Gasteiger partial charge is 0.396 e. The highest BCUT2D eigenvalue weighted by Crippen LogP contribution is 2.11. The predicted octanol–water partition coefficient (Wildman–Crippen LogP) is 1.99. The quantitative estimate of drug-likeness (QED) is 0.585. The molecule has 92 valence electrons. The monoisotopic (exact) mass is 235 g/mol. The topological polar surface area (TPSA) is 66.4 Å². The van der Waals surface area contributed by atoms with Crippen molar-refractivity contribution in [2.45, 2.75) is 26.2 Å². The third kappa shape index (κ3) is 4.78. The second-order valence-electron chi connectivity index (χ2n) is 3.87. The van der Waals surface area contributed by atoms with Crippen LogP contribution in [0.2, 0.25) is 0 Å². The minimum Gasteiger partial charge on any atom is -0.396 e. The molecule has 0 aliphatic rings. The Balaban J connectivity index is 2.53. The maximum atomic E-state index is 11.5. The van der Waals surface area contributed by atoms with Gasteiger partial charge < -0.3 is 10.4 Å². The second kappa shape index (κ2) is 6.81. The van der Waals surface area contributed by atoms with Crippen molar-refractivity contribution in [2.75, 3.05) is 11.9 Å². The van der Waals surface area contributed by atoms with Crippen LogP contribution in [0, 0.1) is 0 Å². The van der Waals surface area contributed by atoms with Gasteiger partial charge in [0.05, 0.1) is 0 Å². The Labute approximate surface area is 101 Å². The Kier molecular flexibility index (Phi) is 5.36. The standard InChI is InChI=1S/C13H17NO3/c1-10(16)11-5-4-6-12(9-11)14-13(17)7-2-3-8-15/h4-6,9,15H,2-3,7-8H2,1H3,(H,14,17). The number of aliphatic hydroxyl groups excluding tert-OH is 1. The zero-order valence-electron chi connectivity index (χ0n) is 9.90. The van der Waals surface area contributed by atoms with E-state index in [4.69, 9.17) is 5.11 Å². The van der Waals surface area contributed by atoms with E-state index in [9.17, 15) is 9.59 Å². The van der Waals surface area contributed by atoms with E-state index >= 15 is 0 Å². The van der Waals surface area contributed by atoms with Crippen molar-refractivity contribution in [3.63, 3.8) is 0 Å². The number of hydrogen-bond acceptors (Lipinski definition) is 3. The minimum absolute atomic E-state index is 0.0265. The van der Waals surface area contributed by atoms with Crippen molar-refractivity contribution in [1.82, 2.24) is 0 Å². The zero-order valence-corrected chi connectivity index (χ0v) is 9.90. The van der Waals surface area contributed by atoms with E-state index in [1.165, 1.54) is 6.92 Å². The average molecular weight is 235 g/mol. The molecule has 1 amide bonds. The molecular weight excluding hydrogens is 218 g/mol. The summed E-state index contributed by atoms with van der Waals surface area (Å²) in [6, 6.07) is 6.85. The van der Waals surface area contributed by atoms with Gasteiger partial charge in [-0.05, 0) is 31.9 Å². The van der Waals surface area contributed by atoms with Gasteiger partial charge in [0.25, 0.3) is 0 Å². The fraction of sp³-hybridized carbons (Fsp3) is 0.385. The van der Waals surface area contributed by atoms with Gasteiger partial charge in [-0.25, -0.2) is 0 Å². The van der Waals surface area contributed by atoms with Crippen LogP contribution in [0.5, 0.6) is 0 Å². The number of rotatable bonds is 6. The maximum absolute atomic E-state index is 11.5. The van der Waals surface area contributed by atoms with Crippen LogP contribution in [0.4, 0.5) is 5.69 Å². The van der Waals surface area contributed by atoms with Crippen molar-refractivity contribution < 1.29 is 14.7 Å². The normalized spacial score (nSPS) is 10.0.